The molecule has 0 saturated heterocycles. The molecule has 2 aromatic rings. The lowest BCUT2D eigenvalue weighted by Gasteiger charge is -2.17. The maximum Gasteiger partial charge on any atom is 0.326 e. The highest BCUT2D eigenvalue weighted by atomic mass is 19.1. The molecule has 0 aliphatic heterocycles. The minimum Gasteiger partial charge on any atom is -0.480 e. The summed E-state index contributed by atoms with van der Waals surface area (Å²) < 4.78 is 13.0. The van der Waals surface area contributed by atoms with E-state index in [0.717, 1.165) is 5.56 Å². The smallest absolute Gasteiger partial charge is 0.326 e. The van der Waals surface area contributed by atoms with E-state index < -0.39 is 29.6 Å². The highest BCUT2D eigenvalue weighted by Gasteiger charge is 2.22. The van der Waals surface area contributed by atoms with Gasteiger partial charge in [0.2, 0.25) is 0 Å². The lowest BCUT2D eigenvalue weighted by molar-refractivity contribution is -0.139. The minimum absolute atomic E-state index is 0.102. The predicted molar refractivity (Wildman–Crippen MR) is 104 cm³/mol. The Kier molecular flexibility index (Phi) is 6.87. The van der Waals surface area contributed by atoms with E-state index in [1.54, 1.807) is 19.1 Å². The number of aryl methyl sites for hydroxylation is 1. The van der Waals surface area contributed by atoms with Gasteiger partial charge >= 0.3 is 5.97 Å². The number of rotatable bonds is 7. The van der Waals surface area contributed by atoms with Crippen molar-refractivity contribution in [3.8, 4) is 0 Å². The lowest BCUT2D eigenvalue weighted by atomic mass is 10.0. The summed E-state index contributed by atoms with van der Waals surface area (Å²) in [6.07, 6.45) is 0.307. The molecule has 1 atom stereocenters. The summed E-state index contributed by atoms with van der Waals surface area (Å²) in [5, 5.41) is 14.5. The van der Waals surface area contributed by atoms with Crippen LogP contribution in [-0.4, -0.2) is 28.9 Å². The van der Waals surface area contributed by atoms with Crippen LogP contribution in [0.15, 0.2) is 42.5 Å². The van der Waals surface area contributed by atoms with Crippen molar-refractivity contribution in [3.63, 3.8) is 0 Å². The quantitative estimate of drug-likeness (QED) is 0.677. The van der Waals surface area contributed by atoms with Crippen molar-refractivity contribution < 1.29 is 23.9 Å². The van der Waals surface area contributed by atoms with Crippen LogP contribution < -0.4 is 10.6 Å². The SMILES string of the molecule is Cc1ccc(C(=O)NC(CC(C)C)C(=O)O)cc1NC(=O)c1ccc(F)cc1. The van der Waals surface area contributed by atoms with E-state index in [2.05, 4.69) is 10.6 Å². The number of nitrogens with one attached hydrogen (secondary N) is 2. The Bertz CT molecular complexity index is 878. The van der Waals surface area contributed by atoms with Crippen molar-refractivity contribution in [2.24, 2.45) is 5.92 Å². The van der Waals surface area contributed by atoms with Crippen molar-refractivity contribution in [2.45, 2.75) is 33.2 Å². The first-order valence-corrected chi connectivity index (χ1v) is 8.88. The Hall–Kier alpha value is -3.22. The van der Waals surface area contributed by atoms with E-state index in [-0.39, 0.29) is 17.0 Å². The van der Waals surface area contributed by atoms with Crippen molar-refractivity contribution in [1.29, 1.82) is 0 Å². The van der Waals surface area contributed by atoms with E-state index >= 15 is 0 Å². The number of benzene rings is 2. The molecule has 0 bridgehead atoms. The molecule has 2 aromatic carbocycles. The molecule has 0 aliphatic carbocycles. The second-order valence-corrected chi connectivity index (χ2v) is 6.98. The van der Waals surface area contributed by atoms with Crippen LogP contribution in [0.4, 0.5) is 10.1 Å². The van der Waals surface area contributed by atoms with Gasteiger partial charge in [-0.25, -0.2) is 9.18 Å². The number of aliphatic carboxylic acids is 1. The molecule has 7 heteroatoms. The zero-order valence-corrected chi connectivity index (χ0v) is 16.0. The highest BCUT2D eigenvalue weighted by Crippen LogP contribution is 2.19. The van der Waals surface area contributed by atoms with Crippen LogP contribution in [0.25, 0.3) is 0 Å². The first-order chi connectivity index (χ1) is 13.2. The molecule has 0 heterocycles. The number of hydrogen-bond acceptors (Lipinski definition) is 3. The van der Waals surface area contributed by atoms with Gasteiger partial charge in [0.25, 0.3) is 11.8 Å². The van der Waals surface area contributed by atoms with Crippen LogP contribution in [-0.2, 0) is 4.79 Å². The number of carboxylic acids is 1. The zero-order valence-electron chi connectivity index (χ0n) is 16.0. The molecule has 0 radical (unpaired) electrons. The van der Waals surface area contributed by atoms with Crippen LogP contribution in [0.5, 0.6) is 0 Å². The Morgan fingerprint density at radius 1 is 1.00 bits per heavy atom. The number of carbonyl (C=O) groups is 3. The van der Waals surface area contributed by atoms with Crippen molar-refractivity contribution in [1.82, 2.24) is 5.32 Å². The minimum atomic E-state index is -1.10. The average Bonchev–Trinajstić information content (AvgIpc) is 2.62. The molecule has 0 aromatic heterocycles. The Morgan fingerprint density at radius 3 is 2.18 bits per heavy atom. The number of hydrogen-bond donors (Lipinski definition) is 3. The van der Waals surface area contributed by atoms with Crippen molar-refractivity contribution in [3.05, 3.63) is 65.0 Å². The number of anilines is 1. The van der Waals surface area contributed by atoms with Crippen LogP contribution >= 0.6 is 0 Å². The molecule has 0 aliphatic rings. The fourth-order valence-corrected chi connectivity index (χ4v) is 2.63. The van der Waals surface area contributed by atoms with Crippen LogP contribution in [0.3, 0.4) is 0 Å². The standard InChI is InChI=1S/C21H23FN2O4/c1-12(2)10-18(21(27)28)24-20(26)15-5-4-13(3)17(11-15)23-19(25)14-6-8-16(22)9-7-14/h4-9,11-12,18H,10H2,1-3H3,(H,23,25)(H,24,26)(H,27,28). The molecule has 0 fully saturated rings. The van der Waals surface area contributed by atoms with Gasteiger partial charge in [0.15, 0.2) is 0 Å². The predicted octanol–water partition coefficient (Wildman–Crippen LogP) is 3.62. The highest BCUT2D eigenvalue weighted by molar-refractivity contribution is 6.05. The van der Waals surface area contributed by atoms with Gasteiger partial charge in [0.05, 0.1) is 0 Å². The monoisotopic (exact) mass is 386 g/mol. The van der Waals surface area contributed by atoms with Gasteiger partial charge < -0.3 is 15.7 Å². The molecular formula is C21H23FN2O4. The summed E-state index contributed by atoms with van der Waals surface area (Å²) in [7, 11) is 0. The maximum absolute atomic E-state index is 13.0. The summed E-state index contributed by atoms with van der Waals surface area (Å²) in [6, 6.07) is 8.81. The van der Waals surface area contributed by atoms with E-state index in [0.29, 0.717) is 12.1 Å². The molecule has 6 nitrogen and oxygen atoms in total. The molecule has 2 rings (SSSR count). The Morgan fingerprint density at radius 2 is 1.61 bits per heavy atom. The topological polar surface area (TPSA) is 95.5 Å². The normalized spacial score (nSPS) is 11.8. The largest absolute Gasteiger partial charge is 0.480 e. The second-order valence-electron chi connectivity index (χ2n) is 6.98. The van der Waals surface area contributed by atoms with Crippen LogP contribution in [0, 0.1) is 18.7 Å². The summed E-state index contributed by atoms with van der Waals surface area (Å²) in [5.74, 6) is -2.42. The van der Waals surface area contributed by atoms with Gasteiger partial charge in [0, 0.05) is 16.8 Å². The third kappa shape index (κ3) is 5.64. The van der Waals surface area contributed by atoms with Gasteiger partial charge in [-0.2, -0.15) is 0 Å². The van der Waals surface area contributed by atoms with Crippen LogP contribution in [0.1, 0.15) is 46.5 Å². The number of carboxylic acid groups (broad SMARTS) is 1. The summed E-state index contributed by atoms with van der Waals surface area (Å²) in [6.45, 7) is 5.51. The molecule has 28 heavy (non-hydrogen) atoms. The third-order valence-corrected chi connectivity index (χ3v) is 4.16. The third-order valence-electron chi connectivity index (χ3n) is 4.16. The Balaban J connectivity index is 2.17. The molecule has 2 amide bonds. The van der Waals surface area contributed by atoms with E-state index in [9.17, 15) is 23.9 Å². The molecule has 3 N–H and O–H groups in total. The van der Waals surface area contributed by atoms with Gasteiger partial charge in [0.1, 0.15) is 11.9 Å². The number of carbonyl (C=O) groups excluding carboxylic acids is 2. The lowest BCUT2D eigenvalue weighted by Crippen LogP contribution is -2.41. The van der Waals surface area contributed by atoms with Gasteiger partial charge in [-0.05, 0) is 61.2 Å². The summed E-state index contributed by atoms with van der Waals surface area (Å²) in [4.78, 5) is 36.2. The summed E-state index contributed by atoms with van der Waals surface area (Å²) >= 11 is 0. The zero-order chi connectivity index (χ0) is 20.8. The first-order valence-electron chi connectivity index (χ1n) is 8.88. The molecule has 1 unspecified atom stereocenters. The van der Waals surface area contributed by atoms with Crippen LogP contribution in [0.2, 0.25) is 0 Å². The van der Waals surface area contributed by atoms with E-state index in [4.69, 9.17) is 0 Å². The molecule has 0 spiro atoms. The fourth-order valence-electron chi connectivity index (χ4n) is 2.63. The molecule has 0 saturated carbocycles. The second kappa shape index (κ2) is 9.12. The maximum atomic E-state index is 13.0. The van der Waals surface area contributed by atoms with E-state index in [1.165, 1.54) is 30.3 Å². The summed E-state index contributed by atoms with van der Waals surface area (Å²) in [5.41, 5.74) is 1.65. The average molecular weight is 386 g/mol. The van der Waals surface area contributed by atoms with Gasteiger partial charge in [-0.15, -0.1) is 0 Å². The van der Waals surface area contributed by atoms with E-state index in [1.807, 2.05) is 13.8 Å². The van der Waals surface area contributed by atoms with Gasteiger partial charge in [-0.1, -0.05) is 19.9 Å². The molecular weight excluding hydrogens is 363 g/mol. The van der Waals surface area contributed by atoms with Gasteiger partial charge in [-0.3, -0.25) is 9.59 Å². The van der Waals surface area contributed by atoms with Crippen molar-refractivity contribution >= 4 is 23.5 Å². The number of amides is 2. The molecule has 148 valence electrons. The number of halogens is 1. The Labute approximate surface area is 162 Å². The first kappa shape index (κ1) is 21.1. The van der Waals surface area contributed by atoms with Crippen molar-refractivity contribution in [2.75, 3.05) is 5.32 Å². The fraction of sp³-hybridized carbons (Fsp3) is 0.286.